The molecule has 2 rings (SSSR count). The van der Waals surface area contributed by atoms with E-state index in [0.717, 1.165) is 17.0 Å². The molecule has 2 aromatic rings. The number of benzene rings is 1. The molecular weight excluding hydrogens is 253 g/mol. The van der Waals surface area contributed by atoms with Crippen molar-refractivity contribution in [1.82, 2.24) is 9.97 Å². The lowest BCUT2D eigenvalue weighted by Crippen LogP contribution is -2.07. The van der Waals surface area contributed by atoms with Crippen LogP contribution in [-0.4, -0.2) is 9.97 Å². The van der Waals surface area contributed by atoms with Crippen LogP contribution in [0.1, 0.15) is 17.0 Å². The van der Waals surface area contributed by atoms with Gasteiger partial charge in [0.2, 0.25) is 0 Å². The van der Waals surface area contributed by atoms with Gasteiger partial charge in [-0.05, 0) is 37.6 Å². The van der Waals surface area contributed by atoms with Gasteiger partial charge < -0.3 is 5.73 Å². The minimum atomic E-state index is -0.409. The lowest BCUT2D eigenvalue weighted by atomic mass is 10.1. The maximum atomic E-state index is 13.3. The van der Waals surface area contributed by atoms with Gasteiger partial charge in [-0.2, -0.15) is 0 Å². The zero-order chi connectivity index (χ0) is 13.3. The second kappa shape index (κ2) is 5.00. The van der Waals surface area contributed by atoms with E-state index in [0.29, 0.717) is 23.0 Å². The van der Waals surface area contributed by atoms with E-state index in [1.807, 2.05) is 13.8 Å². The SMILES string of the molecule is Cc1nc(-c2cc(F)cc(Cl)c2)nc(CN)c1C. The molecule has 0 bridgehead atoms. The van der Waals surface area contributed by atoms with Crippen LogP contribution in [0.15, 0.2) is 18.2 Å². The van der Waals surface area contributed by atoms with E-state index in [2.05, 4.69) is 9.97 Å². The molecule has 0 atom stereocenters. The maximum Gasteiger partial charge on any atom is 0.159 e. The van der Waals surface area contributed by atoms with E-state index < -0.39 is 5.82 Å². The van der Waals surface area contributed by atoms with E-state index in [4.69, 9.17) is 17.3 Å². The molecule has 1 aromatic heterocycles. The van der Waals surface area contributed by atoms with Crippen molar-refractivity contribution in [3.8, 4) is 11.4 Å². The van der Waals surface area contributed by atoms with Crippen molar-refractivity contribution >= 4 is 11.6 Å². The molecular formula is C13H13ClFN3. The van der Waals surface area contributed by atoms with Gasteiger partial charge in [-0.1, -0.05) is 11.6 Å². The first-order chi connectivity index (χ1) is 8.51. The molecule has 18 heavy (non-hydrogen) atoms. The topological polar surface area (TPSA) is 51.8 Å². The van der Waals surface area contributed by atoms with Crippen molar-refractivity contribution in [2.75, 3.05) is 0 Å². The van der Waals surface area contributed by atoms with Gasteiger partial charge >= 0.3 is 0 Å². The second-order valence-corrected chi connectivity index (χ2v) is 4.50. The Morgan fingerprint density at radius 1 is 1.22 bits per heavy atom. The first kappa shape index (κ1) is 12.9. The zero-order valence-electron chi connectivity index (χ0n) is 10.2. The highest BCUT2D eigenvalue weighted by Gasteiger charge is 2.10. The van der Waals surface area contributed by atoms with Gasteiger partial charge in [0.15, 0.2) is 5.82 Å². The van der Waals surface area contributed by atoms with Crippen molar-refractivity contribution in [3.05, 3.63) is 46.0 Å². The summed E-state index contributed by atoms with van der Waals surface area (Å²) in [7, 11) is 0. The second-order valence-electron chi connectivity index (χ2n) is 4.07. The molecule has 94 valence electrons. The lowest BCUT2D eigenvalue weighted by molar-refractivity contribution is 0.628. The Morgan fingerprint density at radius 3 is 2.56 bits per heavy atom. The van der Waals surface area contributed by atoms with Crippen LogP contribution in [0.3, 0.4) is 0 Å². The number of halogens is 2. The molecule has 5 heteroatoms. The number of aryl methyl sites for hydroxylation is 1. The summed E-state index contributed by atoms with van der Waals surface area (Å²) in [6, 6.07) is 4.24. The van der Waals surface area contributed by atoms with Crippen molar-refractivity contribution in [2.24, 2.45) is 5.73 Å². The summed E-state index contributed by atoms with van der Waals surface area (Å²) in [6.45, 7) is 4.12. The number of rotatable bonds is 2. The Morgan fingerprint density at radius 2 is 1.94 bits per heavy atom. The molecule has 0 unspecified atom stereocenters. The summed E-state index contributed by atoms with van der Waals surface area (Å²) in [5.74, 6) is 0.0357. The average Bonchev–Trinajstić information content (AvgIpc) is 2.31. The monoisotopic (exact) mass is 265 g/mol. The Balaban J connectivity index is 2.60. The predicted molar refractivity (Wildman–Crippen MR) is 69.8 cm³/mol. The molecule has 0 aliphatic heterocycles. The van der Waals surface area contributed by atoms with Crippen molar-refractivity contribution < 1.29 is 4.39 Å². The average molecular weight is 266 g/mol. The molecule has 3 nitrogen and oxygen atoms in total. The summed E-state index contributed by atoms with van der Waals surface area (Å²) < 4.78 is 13.3. The van der Waals surface area contributed by atoms with Gasteiger partial charge in [0.25, 0.3) is 0 Å². The Bertz CT molecular complexity index is 579. The minimum Gasteiger partial charge on any atom is -0.325 e. The first-order valence-corrected chi connectivity index (χ1v) is 5.89. The Kier molecular flexibility index (Phi) is 3.59. The number of hydrogen-bond acceptors (Lipinski definition) is 3. The standard InChI is InChI=1S/C13H13ClFN3/c1-7-8(2)17-13(18-12(7)6-16)9-3-10(14)5-11(15)4-9/h3-5H,6,16H2,1-2H3. The van der Waals surface area contributed by atoms with Crippen molar-refractivity contribution in [1.29, 1.82) is 0 Å². The van der Waals surface area contributed by atoms with E-state index >= 15 is 0 Å². The van der Waals surface area contributed by atoms with Gasteiger partial charge in [-0.25, -0.2) is 14.4 Å². The minimum absolute atomic E-state index is 0.320. The molecule has 0 spiro atoms. The van der Waals surface area contributed by atoms with Crippen LogP contribution in [0, 0.1) is 19.7 Å². The third-order valence-electron chi connectivity index (χ3n) is 2.80. The fourth-order valence-electron chi connectivity index (χ4n) is 1.70. The van der Waals surface area contributed by atoms with E-state index in [9.17, 15) is 4.39 Å². The predicted octanol–water partition coefficient (Wildman–Crippen LogP) is 3.01. The van der Waals surface area contributed by atoms with E-state index in [1.54, 1.807) is 6.07 Å². The Labute approximate surface area is 110 Å². The normalized spacial score (nSPS) is 10.7. The lowest BCUT2D eigenvalue weighted by Gasteiger charge is -2.09. The third kappa shape index (κ3) is 2.49. The molecule has 0 amide bonds. The Hall–Kier alpha value is -1.52. The summed E-state index contributed by atoms with van der Waals surface area (Å²) in [4.78, 5) is 8.68. The van der Waals surface area contributed by atoms with Crippen LogP contribution < -0.4 is 5.73 Å². The smallest absolute Gasteiger partial charge is 0.159 e. The van der Waals surface area contributed by atoms with Crippen molar-refractivity contribution in [2.45, 2.75) is 20.4 Å². The quantitative estimate of drug-likeness (QED) is 0.908. The van der Waals surface area contributed by atoms with Crippen LogP contribution in [0.5, 0.6) is 0 Å². The van der Waals surface area contributed by atoms with Crippen molar-refractivity contribution in [3.63, 3.8) is 0 Å². The molecule has 0 aliphatic carbocycles. The summed E-state index contributed by atoms with van der Waals surface area (Å²) in [5.41, 5.74) is 8.75. The molecule has 1 aromatic carbocycles. The fraction of sp³-hybridized carbons (Fsp3) is 0.231. The molecule has 0 aliphatic rings. The zero-order valence-corrected chi connectivity index (χ0v) is 10.9. The van der Waals surface area contributed by atoms with Crippen LogP contribution in [0.25, 0.3) is 11.4 Å². The highest BCUT2D eigenvalue weighted by molar-refractivity contribution is 6.30. The molecule has 2 N–H and O–H groups in total. The van der Waals surface area contributed by atoms with Gasteiger partial charge in [-0.3, -0.25) is 0 Å². The highest BCUT2D eigenvalue weighted by Crippen LogP contribution is 2.23. The van der Waals surface area contributed by atoms with E-state index in [1.165, 1.54) is 12.1 Å². The van der Waals surface area contributed by atoms with Crippen LogP contribution in [0.2, 0.25) is 5.02 Å². The highest BCUT2D eigenvalue weighted by atomic mass is 35.5. The maximum absolute atomic E-state index is 13.3. The molecule has 0 saturated heterocycles. The summed E-state index contributed by atoms with van der Waals surface area (Å²) in [5, 5.41) is 0.320. The summed E-state index contributed by atoms with van der Waals surface area (Å²) >= 11 is 5.82. The molecule has 0 fully saturated rings. The first-order valence-electron chi connectivity index (χ1n) is 5.52. The van der Waals surface area contributed by atoms with Crippen LogP contribution in [-0.2, 0) is 6.54 Å². The van der Waals surface area contributed by atoms with Gasteiger partial charge in [0.05, 0.1) is 5.69 Å². The largest absolute Gasteiger partial charge is 0.325 e. The molecule has 1 heterocycles. The number of aromatic nitrogens is 2. The molecule has 0 radical (unpaired) electrons. The molecule has 0 saturated carbocycles. The number of nitrogens with zero attached hydrogens (tertiary/aromatic N) is 2. The fourth-order valence-corrected chi connectivity index (χ4v) is 1.92. The van der Waals surface area contributed by atoms with E-state index in [-0.39, 0.29) is 0 Å². The van der Waals surface area contributed by atoms with Gasteiger partial charge in [0, 0.05) is 22.8 Å². The number of hydrogen-bond donors (Lipinski definition) is 1. The van der Waals surface area contributed by atoms with Crippen LogP contribution >= 0.6 is 11.6 Å². The van der Waals surface area contributed by atoms with Gasteiger partial charge in [-0.15, -0.1) is 0 Å². The third-order valence-corrected chi connectivity index (χ3v) is 3.02. The summed E-state index contributed by atoms with van der Waals surface area (Å²) in [6.07, 6.45) is 0. The van der Waals surface area contributed by atoms with Gasteiger partial charge in [0.1, 0.15) is 5.82 Å². The van der Waals surface area contributed by atoms with Crippen LogP contribution in [0.4, 0.5) is 4.39 Å². The number of nitrogens with two attached hydrogens (primary N) is 1.